The summed E-state index contributed by atoms with van der Waals surface area (Å²) in [6, 6.07) is 3.98. The van der Waals surface area contributed by atoms with Gasteiger partial charge in [0.25, 0.3) is 0 Å². The monoisotopic (exact) mass is 276 g/mol. The van der Waals surface area contributed by atoms with Gasteiger partial charge in [-0.15, -0.1) is 0 Å². The Morgan fingerprint density at radius 3 is 3.09 bits per heavy atom. The maximum absolute atomic E-state index is 4.37. The molecule has 0 amide bonds. The molecule has 0 bridgehead atoms. The lowest BCUT2D eigenvalue weighted by Crippen LogP contribution is -1.79. The molecule has 0 N–H and O–H groups in total. The van der Waals surface area contributed by atoms with E-state index < -0.39 is 0 Å². The number of aryl methyl sites for hydroxylation is 1. The van der Waals surface area contributed by atoms with Crippen LogP contribution in [0.2, 0.25) is 0 Å². The van der Waals surface area contributed by atoms with E-state index in [1.165, 1.54) is 16.4 Å². The minimum absolute atomic E-state index is 1.01. The zero-order valence-electron chi connectivity index (χ0n) is 5.84. The van der Waals surface area contributed by atoms with Crippen molar-refractivity contribution >= 4 is 45.2 Å². The molecule has 11 heavy (non-hydrogen) atoms. The quantitative estimate of drug-likeness (QED) is 0.546. The number of nitrogens with zero attached hydrogens (tertiary/aromatic N) is 2. The highest BCUT2D eigenvalue weighted by Crippen LogP contribution is 2.19. The van der Waals surface area contributed by atoms with Gasteiger partial charge in [-0.2, -0.15) is 4.37 Å². The van der Waals surface area contributed by atoms with Gasteiger partial charge in [-0.3, -0.25) is 0 Å². The van der Waals surface area contributed by atoms with Crippen molar-refractivity contribution < 1.29 is 0 Å². The number of hydrogen-bond acceptors (Lipinski definition) is 3. The molecular weight excluding hydrogens is 271 g/mol. The smallest absolute Gasteiger partial charge is 0.105 e. The van der Waals surface area contributed by atoms with Crippen LogP contribution in [0.25, 0.3) is 11.0 Å². The van der Waals surface area contributed by atoms with Crippen molar-refractivity contribution in [3.63, 3.8) is 0 Å². The number of hydrogen-bond donors (Lipinski definition) is 0. The Kier molecular flexibility index (Phi) is 1.80. The molecule has 2 aromatic heterocycles. The van der Waals surface area contributed by atoms with Gasteiger partial charge in [0, 0.05) is 4.88 Å². The maximum atomic E-state index is 4.37. The minimum Gasteiger partial charge on any atom is -0.239 e. The van der Waals surface area contributed by atoms with Crippen molar-refractivity contribution in [3.05, 3.63) is 20.7 Å². The Balaban J connectivity index is 2.87. The number of rotatable bonds is 0. The zero-order valence-corrected chi connectivity index (χ0v) is 8.81. The summed E-state index contributed by atoms with van der Waals surface area (Å²) in [5, 5.41) is 0. The minimum atomic E-state index is 1.01. The van der Waals surface area contributed by atoms with Crippen molar-refractivity contribution in [1.29, 1.82) is 0 Å². The van der Waals surface area contributed by atoms with E-state index in [0.717, 1.165) is 14.7 Å². The van der Waals surface area contributed by atoms with Crippen molar-refractivity contribution in [2.24, 2.45) is 0 Å². The van der Waals surface area contributed by atoms with Gasteiger partial charge in [-0.05, 0) is 53.2 Å². The lowest BCUT2D eigenvalue weighted by Gasteiger charge is -1.89. The van der Waals surface area contributed by atoms with Gasteiger partial charge < -0.3 is 0 Å². The summed E-state index contributed by atoms with van der Waals surface area (Å²) < 4.78 is 5.26. The van der Waals surface area contributed by atoms with Crippen LogP contribution in [0.15, 0.2) is 12.1 Å². The van der Waals surface area contributed by atoms with Gasteiger partial charge in [-0.1, -0.05) is 0 Å². The molecule has 0 aliphatic rings. The van der Waals surface area contributed by atoms with Crippen molar-refractivity contribution in [2.45, 2.75) is 6.92 Å². The van der Waals surface area contributed by atoms with Gasteiger partial charge in [0.1, 0.15) is 14.7 Å². The molecule has 0 spiro atoms. The normalized spacial score (nSPS) is 10.7. The van der Waals surface area contributed by atoms with Crippen LogP contribution in [0.3, 0.4) is 0 Å². The molecule has 2 aromatic rings. The molecule has 2 nitrogen and oxygen atoms in total. The maximum Gasteiger partial charge on any atom is 0.105 e. The first-order valence-electron chi connectivity index (χ1n) is 3.16. The first kappa shape index (κ1) is 7.42. The fourth-order valence-corrected chi connectivity index (χ4v) is 1.96. The number of pyridine rings is 1. The second kappa shape index (κ2) is 2.67. The van der Waals surface area contributed by atoms with E-state index >= 15 is 0 Å². The molecule has 0 saturated heterocycles. The van der Waals surface area contributed by atoms with Gasteiger partial charge in [0.15, 0.2) is 0 Å². The van der Waals surface area contributed by atoms with E-state index in [1.807, 2.05) is 19.1 Å². The summed E-state index contributed by atoms with van der Waals surface area (Å²) in [5.74, 6) is 0. The van der Waals surface area contributed by atoms with Crippen molar-refractivity contribution in [3.8, 4) is 0 Å². The molecule has 0 radical (unpaired) electrons. The summed E-state index contributed by atoms with van der Waals surface area (Å²) in [6.07, 6.45) is 0. The molecule has 56 valence electrons. The molecule has 0 aromatic carbocycles. The highest BCUT2D eigenvalue weighted by Gasteiger charge is 2.02. The predicted molar refractivity (Wildman–Crippen MR) is 54.9 cm³/mol. The summed E-state index contributed by atoms with van der Waals surface area (Å²) in [7, 11) is 0. The molecule has 4 heteroatoms. The molecule has 0 aliphatic heterocycles. The number of aromatic nitrogens is 2. The van der Waals surface area contributed by atoms with E-state index in [1.54, 1.807) is 0 Å². The average Bonchev–Trinajstić information content (AvgIpc) is 2.33. The Labute approximate surface area is 82.0 Å². The number of fused-ring (bicyclic) bond motifs is 1. The van der Waals surface area contributed by atoms with Crippen molar-refractivity contribution in [2.75, 3.05) is 0 Å². The van der Waals surface area contributed by atoms with Crippen molar-refractivity contribution in [1.82, 2.24) is 9.36 Å². The fraction of sp³-hybridized carbons (Fsp3) is 0.143. The third-order valence-corrected chi connectivity index (χ3v) is 2.81. The first-order chi connectivity index (χ1) is 5.27. The second-order valence-corrected chi connectivity index (χ2v) is 4.32. The predicted octanol–water partition coefficient (Wildman–Crippen LogP) is 2.60. The molecule has 2 rings (SSSR count). The summed E-state index contributed by atoms with van der Waals surface area (Å²) >= 11 is 3.72. The molecule has 0 saturated carbocycles. The van der Waals surface area contributed by atoms with Gasteiger partial charge in [0.05, 0.1) is 0 Å². The molecule has 0 unspecified atom stereocenters. The molecule has 2 heterocycles. The van der Waals surface area contributed by atoms with Gasteiger partial charge in [-0.25, -0.2) is 4.98 Å². The SMILES string of the molecule is Cc1snc2ccc(I)nc12. The Hall–Kier alpha value is -0.230. The van der Waals surface area contributed by atoms with Crippen LogP contribution in [0.4, 0.5) is 0 Å². The summed E-state index contributed by atoms with van der Waals surface area (Å²) in [5.41, 5.74) is 2.05. The van der Waals surface area contributed by atoms with E-state index in [-0.39, 0.29) is 0 Å². The summed E-state index contributed by atoms with van der Waals surface area (Å²) in [4.78, 5) is 5.56. The highest BCUT2D eigenvalue weighted by atomic mass is 127. The van der Waals surface area contributed by atoms with E-state index in [4.69, 9.17) is 0 Å². The lowest BCUT2D eigenvalue weighted by atomic mass is 10.3. The number of halogens is 1. The largest absolute Gasteiger partial charge is 0.239 e. The van der Waals surface area contributed by atoms with E-state index in [0.29, 0.717) is 0 Å². The Bertz CT molecular complexity index is 396. The topological polar surface area (TPSA) is 25.8 Å². The zero-order chi connectivity index (χ0) is 7.84. The van der Waals surface area contributed by atoms with Crippen LogP contribution < -0.4 is 0 Å². The Morgan fingerprint density at radius 2 is 2.27 bits per heavy atom. The average molecular weight is 276 g/mol. The lowest BCUT2D eigenvalue weighted by molar-refractivity contribution is 1.33. The van der Waals surface area contributed by atoms with Crippen LogP contribution in [0.1, 0.15) is 4.88 Å². The second-order valence-electron chi connectivity index (χ2n) is 2.24. The first-order valence-corrected chi connectivity index (χ1v) is 5.01. The highest BCUT2D eigenvalue weighted by molar-refractivity contribution is 14.1. The molecule has 0 fully saturated rings. The standard InChI is InChI=1S/C7H5IN2S/c1-4-7-5(10-11-4)2-3-6(8)9-7/h2-3H,1H3. The molecular formula is C7H5IN2S. The van der Waals surface area contributed by atoms with Crippen LogP contribution in [0, 0.1) is 10.6 Å². The fourth-order valence-electron chi connectivity index (χ4n) is 0.922. The van der Waals surface area contributed by atoms with Crippen LogP contribution in [0.5, 0.6) is 0 Å². The summed E-state index contributed by atoms with van der Waals surface area (Å²) in [6.45, 7) is 2.04. The van der Waals surface area contributed by atoms with E-state index in [2.05, 4.69) is 31.9 Å². The Morgan fingerprint density at radius 1 is 1.45 bits per heavy atom. The third kappa shape index (κ3) is 1.24. The van der Waals surface area contributed by atoms with Gasteiger partial charge >= 0.3 is 0 Å². The van der Waals surface area contributed by atoms with Gasteiger partial charge in [0.2, 0.25) is 0 Å². The third-order valence-electron chi connectivity index (χ3n) is 1.45. The van der Waals surface area contributed by atoms with Crippen LogP contribution >= 0.6 is 34.1 Å². The van der Waals surface area contributed by atoms with Crippen LogP contribution in [-0.4, -0.2) is 9.36 Å². The van der Waals surface area contributed by atoms with Crippen LogP contribution in [-0.2, 0) is 0 Å². The molecule has 0 atom stereocenters. The van der Waals surface area contributed by atoms with E-state index in [9.17, 15) is 0 Å². The molecule has 0 aliphatic carbocycles.